The normalized spacial score (nSPS) is 21.4. The molecule has 1 fully saturated rings. The Bertz CT molecular complexity index is 348. The second kappa shape index (κ2) is 6.03. The quantitative estimate of drug-likeness (QED) is 0.853. The highest BCUT2D eigenvalue weighted by Gasteiger charge is 2.19. The molecule has 1 aromatic carbocycles. The Balaban J connectivity index is 1.97. The predicted molar refractivity (Wildman–Crippen MR) is 68.1 cm³/mol. The molecule has 1 aliphatic rings. The summed E-state index contributed by atoms with van der Waals surface area (Å²) in [5.41, 5.74) is 7.38. The Morgan fingerprint density at radius 3 is 3.12 bits per heavy atom. The molecule has 0 aliphatic carbocycles. The molecule has 0 aromatic heterocycles. The highest BCUT2D eigenvalue weighted by atomic mass is 16.5. The topological polar surface area (TPSA) is 44.5 Å². The zero-order valence-electron chi connectivity index (χ0n) is 10.4. The van der Waals surface area contributed by atoms with Gasteiger partial charge in [-0.3, -0.25) is 0 Å². The SMILES string of the molecule is CCOc1cccc(C(N)CC2CCOC2)c1. The van der Waals surface area contributed by atoms with Crippen molar-refractivity contribution < 1.29 is 9.47 Å². The molecule has 94 valence electrons. The molecule has 2 rings (SSSR count). The second-order valence-electron chi connectivity index (χ2n) is 4.58. The molecule has 0 radical (unpaired) electrons. The summed E-state index contributed by atoms with van der Waals surface area (Å²) in [6, 6.07) is 8.18. The molecule has 1 saturated heterocycles. The number of hydrogen-bond donors (Lipinski definition) is 1. The maximum atomic E-state index is 6.23. The van der Waals surface area contributed by atoms with Crippen LogP contribution in [0.25, 0.3) is 0 Å². The Hall–Kier alpha value is -1.06. The van der Waals surface area contributed by atoms with Crippen LogP contribution < -0.4 is 10.5 Å². The van der Waals surface area contributed by atoms with E-state index in [-0.39, 0.29) is 6.04 Å². The third-order valence-corrected chi connectivity index (χ3v) is 3.21. The summed E-state index contributed by atoms with van der Waals surface area (Å²) in [4.78, 5) is 0. The van der Waals surface area contributed by atoms with Gasteiger partial charge in [0.25, 0.3) is 0 Å². The third-order valence-electron chi connectivity index (χ3n) is 3.21. The van der Waals surface area contributed by atoms with Crippen molar-refractivity contribution in [3.8, 4) is 5.75 Å². The van der Waals surface area contributed by atoms with Gasteiger partial charge in [-0.1, -0.05) is 12.1 Å². The maximum Gasteiger partial charge on any atom is 0.119 e. The molecule has 17 heavy (non-hydrogen) atoms. The van der Waals surface area contributed by atoms with Crippen LogP contribution >= 0.6 is 0 Å². The molecule has 2 atom stereocenters. The van der Waals surface area contributed by atoms with E-state index in [1.54, 1.807) is 0 Å². The first-order chi connectivity index (χ1) is 8.29. The molecule has 0 amide bonds. The van der Waals surface area contributed by atoms with Crippen LogP contribution in [0, 0.1) is 5.92 Å². The molecule has 3 heteroatoms. The van der Waals surface area contributed by atoms with Gasteiger partial charge in [0, 0.05) is 19.3 Å². The van der Waals surface area contributed by atoms with E-state index in [9.17, 15) is 0 Å². The van der Waals surface area contributed by atoms with E-state index >= 15 is 0 Å². The first-order valence-electron chi connectivity index (χ1n) is 6.35. The van der Waals surface area contributed by atoms with E-state index in [0.717, 1.165) is 37.4 Å². The number of nitrogens with two attached hydrogens (primary N) is 1. The lowest BCUT2D eigenvalue weighted by Crippen LogP contribution is -2.15. The minimum atomic E-state index is 0.0853. The van der Waals surface area contributed by atoms with Crippen molar-refractivity contribution in [2.24, 2.45) is 11.7 Å². The average molecular weight is 235 g/mol. The van der Waals surface area contributed by atoms with Crippen molar-refractivity contribution in [2.75, 3.05) is 19.8 Å². The first-order valence-corrected chi connectivity index (χ1v) is 6.35. The molecule has 1 aromatic rings. The van der Waals surface area contributed by atoms with Crippen LogP contribution in [-0.2, 0) is 4.74 Å². The lowest BCUT2D eigenvalue weighted by Gasteiger charge is -2.16. The lowest BCUT2D eigenvalue weighted by atomic mass is 9.95. The summed E-state index contributed by atoms with van der Waals surface area (Å²) in [6.45, 7) is 4.42. The lowest BCUT2D eigenvalue weighted by molar-refractivity contribution is 0.182. The molecule has 2 N–H and O–H groups in total. The van der Waals surface area contributed by atoms with Gasteiger partial charge >= 0.3 is 0 Å². The molecule has 0 spiro atoms. The van der Waals surface area contributed by atoms with Gasteiger partial charge in [-0.2, -0.15) is 0 Å². The fourth-order valence-electron chi connectivity index (χ4n) is 2.27. The van der Waals surface area contributed by atoms with E-state index < -0.39 is 0 Å². The van der Waals surface area contributed by atoms with Gasteiger partial charge in [-0.05, 0) is 43.4 Å². The minimum absolute atomic E-state index is 0.0853. The van der Waals surface area contributed by atoms with E-state index in [2.05, 4.69) is 6.07 Å². The summed E-state index contributed by atoms with van der Waals surface area (Å²) in [5.74, 6) is 1.52. The van der Waals surface area contributed by atoms with Gasteiger partial charge in [0.15, 0.2) is 0 Å². The van der Waals surface area contributed by atoms with Crippen LogP contribution in [0.5, 0.6) is 5.75 Å². The maximum absolute atomic E-state index is 6.23. The van der Waals surface area contributed by atoms with Crippen LogP contribution in [0.4, 0.5) is 0 Å². The average Bonchev–Trinajstić information content (AvgIpc) is 2.83. The van der Waals surface area contributed by atoms with Gasteiger partial charge in [-0.15, -0.1) is 0 Å². The summed E-state index contributed by atoms with van der Waals surface area (Å²) >= 11 is 0. The van der Waals surface area contributed by atoms with Gasteiger partial charge < -0.3 is 15.2 Å². The highest BCUT2D eigenvalue weighted by Crippen LogP contribution is 2.26. The molecule has 1 heterocycles. The van der Waals surface area contributed by atoms with E-state index in [1.807, 2.05) is 25.1 Å². The molecular weight excluding hydrogens is 214 g/mol. The summed E-state index contributed by atoms with van der Waals surface area (Å²) in [6.07, 6.45) is 2.13. The number of rotatable bonds is 5. The smallest absolute Gasteiger partial charge is 0.119 e. The summed E-state index contributed by atoms with van der Waals surface area (Å²) < 4.78 is 10.9. The van der Waals surface area contributed by atoms with Crippen LogP contribution in [0.15, 0.2) is 24.3 Å². The van der Waals surface area contributed by atoms with Crippen LogP contribution in [0.2, 0.25) is 0 Å². The van der Waals surface area contributed by atoms with E-state index in [4.69, 9.17) is 15.2 Å². The fourth-order valence-corrected chi connectivity index (χ4v) is 2.27. The van der Waals surface area contributed by atoms with Gasteiger partial charge in [0.2, 0.25) is 0 Å². The number of ether oxygens (including phenoxy) is 2. The Morgan fingerprint density at radius 1 is 1.53 bits per heavy atom. The van der Waals surface area contributed by atoms with Crippen LogP contribution in [-0.4, -0.2) is 19.8 Å². The molecule has 1 aliphatic heterocycles. The predicted octanol–water partition coefficient (Wildman–Crippen LogP) is 2.51. The van der Waals surface area contributed by atoms with Crippen LogP contribution in [0.3, 0.4) is 0 Å². The number of benzene rings is 1. The van der Waals surface area contributed by atoms with Crippen molar-refractivity contribution in [1.82, 2.24) is 0 Å². The van der Waals surface area contributed by atoms with E-state index in [0.29, 0.717) is 12.5 Å². The molecule has 0 saturated carbocycles. The van der Waals surface area contributed by atoms with Gasteiger partial charge in [0.1, 0.15) is 5.75 Å². The number of hydrogen-bond acceptors (Lipinski definition) is 3. The summed E-state index contributed by atoms with van der Waals surface area (Å²) in [5, 5.41) is 0. The van der Waals surface area contributed by atoms with Gasteiger partial charge in [0.05, 0.1) is 6.61 Å². The Morgan fingerprint density at radius 2 is 2.41 bits per heavy atom. The molecule has 3 nitrogen and oxygen atoms in total. The third kappa shape index (κ3) is 3.45. The fraction of sp³-hybridized carbons (Fsp3) is 0.571. The summed E-state index contributed by atoms with van der Waals surface area (Å²) in [7, 11) is 0. The molecule has 2 unspecified atom stereocenters. The minimum Gasteiger partial charge on any atom is -0.494 e. The first kappa shape index (κ1) is 12.4. The molecule has 0 bridgehead atoms. The largest absolute Gasteiger partial charge is 0.494 e. The zero-order valence-corrected chi connectivity index (χ0v) is 10.4. The van der Waals surface area contributed by atoms with Gasteiger partial charge in [-0.25, -0.2) is 0 Å². The van der Waals surface area contributed by atoms with Crippen molar-refractivity contribution in [3.05, 3.63) is 29.8 Å². The second-order valence-corrected chi connectivity index (χ2v) is 4.58. The standard InChI is InChI=1S/C14H21NO2/c1-2-17-13-5-3-4-12(9-13)14(15)8-11-6-7-16-10-11/h3-5,9,11,14H,2,6-8,10,15H2,1H3. The van der Waals surface area contributed by atoms with E-state index in [1.165, 1.54) is 0 Å². The van der Waals surface area contributed by atoms with Crippen molar-refractivity contribution in [3.63, 3.8) is 0 Å². The van der Waals surface area contributed by atoms with Crippen molar-refractivity contribution in [2.45, 2.75) is 25.8 Å². The molecular formula is C14H21NO2. The van der Waals surface area contributed by atoms with Crippen LogP contribution in [0.1, 0.15) is 31.4 Å². The zero-order chi connectivity index (χ0) is 12.1. The van der Waals surface area contributed by atoms with Crippen molar-refractivity contribution >= 4 is 0 Å². The monoisotopic (exact) mass is 235 g/mol. The Kier molecular flexibility index (Phi) is 4.40. The van der Waals surface area contributed by atoms with Crippen molar-refractivity contribution in [1.29, 1.82) is 0 Å². The highest BCUT2D eigenvalue weighted by molar-refractivity contribution is 5.30. The Labute approximate surface area is 103 Å².